The average Bonchev–Trinajstić information content (AvgIpc) is 3.04. The molecule has 1 heterocycles. The fourth-order valence-electron chi connectivity index (χ4n) is 3.25. The molecule has 25 heavy (non-hydrogen) atoms. The van der Waals surface area contributed by atoms with E-state index in [4.69, 9.17) is 4.74 Å². The van der Waals surface area contributed by atoms with Crippen molar-refractivity contribution in [2.24, 2.45) is 0 Å². The number of aromatic nitrogens is 2. The molecule has 134 valence electrons. The molecule has 0 radical (unpaired) electrons. The number of hydrogen-bond donors (Lipinski definition) is 2. The van der Waals surface area contributed by atoms with Crippen LogP contribution < -0.4 is 10.6 Å². The number of carbonyl (C=O) groups excluding carboxylic acids is 1. The lowest BCUT2D eigenvalue weighted by atomic mass is 9.93. The molecule has 1 unspecified atom stereocenters. The van der Waals surface area contributed by atoms with Crippen molar-refractivity contribution in [2.75, 3.05) is 19.8 Å². The zero-order chi connectivity index (χ0) is 17.5. The molecule has 2 N–H and O–H groups in total. The van der Waals surface area contributed by atoms with Crippen LogP contribution in [0.15, 0.2) is 36.5 Å². The third-order valence-electron chi connectivity index (χ3n) is 4.48. The molecule has 0 saturated carbocycles. The van der Waals surface area contributed by atoms with Crippen LogP contribution in [0.3, 0.4) is 0 Å². The van der Waals surface area contributed by atoms with E-state index in [1.54, 1.807) is 0 Å². The van der Waals surface area contributed by atoms with Crippen LogP contribution in [0.25, 0.3) is 0 Å². The van der Waals surface area contributed by atoms with Crippen molar-refractivity contribution in [1.29, 1.82) is 0 Å². The van der Waals surface area contributed by atoms with Crippen LogP contribution in [0.2, 0.25) is 0 Å². The van der Waals surface area contributed by atoms with Crippen molar-refractivity contribution in [3.63, 3.8) is 0 Å². The first-order valence-electron chi connectivity index (χ1n) is 8.98. The Kier molecular flexibility index (Phi) is 6.06. The van der Waals surface area contributed by atoms with E-state index in [2.05, 4.69) is 32.5 Å². The normalized spacial score (nSPS) is 16.3. The van der Waals surface area contributed by atoms with Crippen molar-refractivity contribution in [1.82, 2.24) is 20.4 Å². The Morgan fingerprint density at radius 2 is 2.20 bits per heavy atom. The fourth-order valence-corrected chi connectivity index (χ4v) is 3.25. The maximum Gasteiger partial charge on any atom is 0.315 e. The number of hydrogen-bond acceptors (Lipinski definition) is 3. The van der Waals surface area contributed by atoms with Gasteiger partial charge >= 0.3 is 6.03 Å². The average molecular weight is 342 g/mol. The summed E-state index contributed by atoms with van der Waals surface area (Å²) in [4.78, 5) is 12.1. The number of rotatable bonds is 7. The summed E-state index contributed by atoms with van der Waals surface area (Å²) < 4.78 is 7.30. The Balaban J connectivity index is 1.61. The molecule has 1 aromatic carbocycles. The van der Waals surface area contributed by atoms with E-state index in [0.29, 0.717) is 19.8 Å². The molecule has 6 nitrogen and oxygen atoms in total. The molecule has 0 saturated heterocycles. The summed E-state index contributed by atoms with van der Waals surface area (Å²) in [5, 5.41) is 10.5. The van der Waals surface area contributed by atoms with Crippen molar-refractivity contribution in [3.8, 4) is 0 Å². The second-order valence-electron chi connectivity index (χ2n) is 6.23. The lowest BCUT2D eigenvalue weighted by Crippen LogP contribution is -2.40. The van der Waals surface area contributed by atoms with E-state index >= 15 is 0 Å². The number of fused-ring (bicyclic) bond motifs is 1. The van der Waals surface area contributed by atoms with Gasteiger partial charge in [-0.05, 0) is 31.7 Å². The van der Waals surface area contributed by atoms with Crippen molar-refractivity contribution in [3.05, 3.63) is 53.3 Å². The largest absolute Gasteiger partial charge is 0.380 e. The van der Waals surface area contributed by atoms with E-state index in [1.165, 1.54) is 11.3 Å². The number of benzene rings is 1. The van der Waals surface area contributed by atoms with Gasteiger partial charge in [0.25, 0.3) is 0 Å². The SMILES string of the molecule is CCOCCNC(=O)NC1CCCc2c1cnn2Cc1ccccc1. The number of urea groups is 1. The van der Waals surface area contributed by atoms with Crippen LogP contribution >= 0.6 is 0 Å². The molecule has 0 bridgehead atoms. The van der Waals surface area contributed by atoms with Gasteiger partial charge in [0.05, 0.1) is 25.4 Å². The first-order chi connectivity index (χ1) is 12.3. The molecule has 0 spiro atoms. The Labute approximate surface area is 148 Å². The minimum absolute atomic E-state index is 0.0281. The Morgan fingerprint density at radius 1 is 1.36 bits per heavy atom. The number of amides is 2. The zero-order valence-electron chi connectivity index (χ0n) is 14.7. The maximum absolute atomic E-state index is 12.1. The lowest BCUT2D eigenvalue weighted by Gasteiger charge is -2.24. The third kappa shape index (κ3) is 4.60. The van der Waals surface area contributed by atoms with Gasteiger partial charge in [0, 0.05) is 24.4 Å². The molecule has 3 rings (SSSR count). The summed E-state index contributed by atoms with van der Waals surface area (Å²) in [6, 6.07) is 10.2. The number of ether oxygens (including phenoxy) is 1. The van der Waals surface area contributed by atoms with Crippen LogP contribution in [0.4, 0.5) is 4.79 Å². The summed E-state index contributed by atoms with van der Waals surface area (Å²) in [5.74, 6) is 0. The first kappa shape index (κ1) is 17.5. The lowest BCUT2D eigenvalue weighted by molar-refractivity contribution is 0.149. The third-order valence-corrected chi connectivity index (χ3v) is 4.48. The Hall–Kier alpha value is -2.34. The van der Waals surface area contributed by atoms with Crippen molar-refractivity contribution < 1.29 is 9.53 Å². The van der Waals surface area contributed by atoms with E-state index in [0.717, 1.165) is 31.4 Å². The van der Waals surface area contributed by atoms with Gasteiger partial charge in [-0.2, -0.15) is 5.10 Å². The predicted octanol–water partition coefficient (Wildman–Crippen LogP) is 2.64. The topological polar surface area (TPSA) is 68.2 Å². The number of nitrogens with zero attached hydrogens (tertiary/aromatic N) is 2. The molecule has 1 aliphatic carbocycles. The van der Waals surface area contributed by atoms with Gasteiger partial charge in [-0.15, -0.1) is 0 Å². The number of nitrogens with one attached hydrogen (secondary N) is 2. The monoisotopic (exact) mass is 342 g/mol. The molecule has 1 aromatic heterocycles. The number of carbonyl (C=O) groups is 1. The van der Waals surface area contributed by atoms with E-state index < -0.39 is 0 Å². The fraction of sp³-hybridized carbons (Fsp3) is 0.474. The van der Waals surface area contributed by atoms with Gasteiger partial charge in [-0.3, -0.25) is 4.68 Å². The minimum Gasteiger partial charge on any atom is -0.380 e. The highest BCUT2D eigenvalue weighted by molar-refractivity contribution is 5.74. The van der Waals surface area contributed by atoms with Crippen molar-refractivity contribution >= 4 is 6.03 Å². The highest BCUT2D eigenvalue weighted by Crippen LogP contribution is 2.29. The molecule has 0 aliphatic heterocycles. The molecular weight excluding hydrogens is 316 g/mol. The van der Waals surface area contributed by atoms with E-state index in [1.807, 2.05) is 31.3 Å². The van der Waals surface area contributed by atoms with Crippen LogP contribution in [0.1, 0.15) is 42.6 Å². The summed E-state index contributed by atoms with van der Waals surface area (Å²) in [7, 11) is 0. The predicted molar refractivity (Wildman–Crippen MR) is 96.5 cm³/mol. The smallest absolute Gasteiger partial charge is 0.315 e. The Morgan fingerprint density at radius 3 is 3.00 bits per heavy atom. The van der Waals surface area contributed by atoms with Gasteiger partial charge in [-0.1, -0.05) is 30.3 Å². The van der Waals surface area contributed by atoms with Gasteiger partial charge < -0.3 is 15.4 Å². The van der Waals surface area contributed by atoms with Crippen LogP contribution in [-0.2, 0) is 17.7 Å². The first-order valence-corrected chi connectivity index (χ1v) is 8.98. The highest BCUT2D eigenvalue weighted by Gasteiger charge is 2.25. The summed E-state index contributed by atoms with van der Waals surface area (Å²) >= 11 is 0. The molecule has 1 aliphatic rings. The molecule has 6 heteroatoms. The van der Waals surface area contributed by atoms with Gasteiger partial charge in [-0.25, -0.2) is 4.79 Å². The van der Waals surface area contributed by atoms with Gasteiger partial charge in [0.1, 0.15) is 0 Å². The Bertz CT molecular complexity index is 684. The van der Waals surface area contributed by atoms with Gasteiger partial charge in [0.15, 0.2) is 0 Å². The molecule has 2 aromatic rings. The highest BCUT2D eigenvalue weighted by atomic mass is 16.5. The quantitative estimate of drug-likeness (QED) is 0.760. The van der Waals surface area contributed by atoms with Crippen LogP contribution in [-0.4, -0.2) is 35.6 Å². The van der Waals surface area contributed by atoms with E-state index in [-0.39, 0.29) is 12.1 Å². The van der Waals surface area contributed by atoms with E-state index in [9.17, 15) is 4.79 Å². The molecule has 2 amide bonds. The molecular formula is C19H26N4O2. The molecule has 0 fully saturated rings. The van der Waals surface area contributed by atoms with Crippen molar-refractivity contribution in [2.45, 2.75) is 38.8 Å². The molecule has 1 atom stereocenters. The zero-order valence-corrected chi connectivity index (χ0v) is 14.7. The summed E-state index contributed by atoms with van der Waals surface area (Å²) in [6.07, 6.45) is 4.91. The van der Waals surface area contributed by atoms with Crippen LogP contribution in [0.5, 0.6) is 0 Å². The van der Waals surface area contributed by atoms with Gasteiger partial charge in [0.2, 0.25) is 0 Å². The summed E-state index contributed by atoms with van der Waals surface area (Å²) in [6.45, 7) is 4.43. The summed E-state index contributed by atoms with van der Waals surface area (Å²) in [5.41, 5.74) is 3.61. The maximum atomic E-state index is 12.1. The minimum atomic E-state index is -0.145. The standard InChI is InChI=1S/C19H26N4O2/c1-2-25-12-11-20-19(24)22-17-9-6-10-18-16(17)13-21-23(18)14-15-7-4-3-5-8-15/h3-5,7-8,13,17H,2,6,9-12,14H2,1H3,(H2,20,22,24). The van der Waals surface area contributed by atoms with Crippen LogP contribution in [0, 0.1) is 0 Å². The second-order valence-corrected chi connectivity index (χ2v) is 6.23. The second kappa shape index (κ2) is 8.67.